The van der Waals surface area contributed by atoms with E-state index in [1.54, 1.807) is 0 Å². The summed E-state index contributed by atoms with van der Waals surface area (Å²) in [7, 11) is 0. The van der Waals surface area contributed by atoms with Crippen LogP contribution in [0.25, 0.3) is 43.1 Å². The number of hydrogen-bond donors (Lipinski definition) is 0. The number of fused-ring (bicyclic) bond motifs is 4. The molecule has 0 aliphatic heterocycles. The van der Waals surface area contributed by atoms with E-state index in [4.69, 9.17) is 0 Å². The molecule has 0 saturated carbocycles. The van der Waals surface area contributed by atoms with Gasteiger partial charge in [0.05, 0.1) is 26.2 Å². The summed E-state index contributed by atoms with van der Waals surface area (Å²) in [5.41, 5.74) is 3.00. The summed E-state index contributed by atoms with van der Waals surface area (Å²) in [4.78, 5) is 60.5. The Kier molecular flexibility index (Phi) is 28.7. The van der Waals surface area contributed by atoms with E-state index < -0.39 is 0 Å². The average molecular weight is 1150 g/mol. The van der Waals surface area contributed by atoms with Gasteiger partial charge < -0.3 is 5.48 Å². The Morgan fingerprint density at radius 3 is 0.646 bits per heavy atom. The first-order valence-corrected chi connectivity index (χ1v) is 22.0. The third kappa shape index (κ3) is 15.4. The number of likely N-dealkylation sites (N-methyl/N-ethyl adjacent to an activating group) is 4. The molecular weight excluding hydrogens is 1080 g/mol. The Bertz CT molecular complexity index is 2120. The molecule has 0 heterocycles. The summed E-state index contributed by atoms with van der Waals surface area (Å²) in [6, 6.07) is 31.7. The van der Waals surface area contributed by atoms with E-state index in [9.17, 15) is 19.2 Å². The summed E-state index contributed by atoms with van der Waals surface area (Å²) in [5.74, 6) is 0.546. The molecule has 13 heteroatoms. The van der Waals surface area contributed by atoms with Crippen LogP contribution in [-0.4, -0.2) is 127 Å². The molecule has 0 aliphatic rings. The fourth-order valence-electron chi connectivity index (χ4n) is 8.02. The molecule has 0 spiro atoms. The zero-order valence-corrected chi connectivity index (χ0v) is 46.1. The summed E-state index contributed by atoms with van der Waals surface area (Å²) in [6.45, 7) is 25.1. The van der Waals surface area contributed by atoms with Gasteiger partial charge in [0.1, 0.15) is 0 Å². The van der Waals surface area contributed by atoms with Crippen LogP contribution in [0, 0.1) is 0 Å². The van der Waals surface area contributed by atoms with E-state index in [-0.39, 0.29) is 96.5 Å². The molecule has 0 aliphatic carbocycles. The lowest BCUT2D eigenvalue weighted by Crippen LogP contribution is -2.29. The van der Waals surface area contributed by atoms with E-state index in [0.29, 0.717) is 26.2 Å². The number of nitrogens with zero attached hydrogens (tertiary/aromatic N) is 4. The van der Waals surface area contributed by atoms with Crippen LogP contribution in [0.5, 0.6) is 0 Å². The topological polar surface area (TPSA) is 113 Å². The van der Waals surface area contributed by atoms with Crippen molar-refractivity contribution in [3.63, 3.8) is 0 Å². The van der Waals surface area contributed by atoms with Crippen LogP contribution in [0.15, 0.2) is 97.1 Å². The molecule has 0 amide bonds. The lowest BCUT2D eigenvalue weighted by atomic mass is 9.94. The van der Waals surface area contributed by atoms with Crippen molar-refractivity contribution in [2.75, 3.05) is 78.5 Å². The maximum atomic E-state index is 13.0. The van der Waals surface area contributed by atoms with Gasteiger partial charge in [-0.1, -0.05) is 128 Å². The monoisotopic (exact) mass is 1150 g/mol. The minimum absolute atomic E-state index is 0. The normalized spacial score (nSPS) is 10.8. The number of carbonyl (C=O) groups excluding carboxylic acids is 4. The Balaban J connectivity index is 0.00000117. The van der Waals surface area contributed by atoms with Crippen LogP contribution in [0.1, 0.15) is 96.8 Å². The number of benzene rings is 6. The molecule has 0 aromatic heterocycles. The van der Waals surface area contributed by atoms with Crippen molar-refractivity contribution in [3.05, 3.63) is 119 Å². The maximum absolute atomic E-state index is 13.0. The highest BCUT2D eigenvalue weighted by atomic mass is 79.9. The summed E-state index contributed by atoms with van der Waals surface area (Å²) >= 11 is 0. The fourth-order valence-corrected chi connectivity index (χ4v) is 8.02. The lowest BCUT2D eigenvalue weighted by molar-refractivity contribution is 0.0931. The third-order valence-corrected chi connectivity index (χ3v) is 12.0. The first-order chi connectivity index (χ1) is 29.0. The SMILES string of the molecule is Br.Br.Br.Br.CCN(CC)CC(=O)c1cccc2cc3c(C(=O)CN(CC)CC)cccc3cc12.CCN(CC)CC(=O)c1cccc2cc3c(C(=O)CN(CC)CC)cccc3cc12.O. The molecule has 2 N–H and O–H groups in total. The van der Waals surface area contributed by atoms with E-state index >= 15 is 0 Å². The van der Waals surface area contributed by atoms with Gasteiger partial charge in [-0.25, -0.2) is 0 Å². The molecule has 356 valence electrons. The van der Waals surface area contributed by atoms with Gasteiger partial charge in [-0.2, -0.15) is 0 Å². The van der Waals surface area contributed by atoms with Crippen molar-refractivity contribution in [1.82, 2.24) is 19.6 Å². The number of Topliss-reactive ketones (excluding diaryl/α,β-unsaturated/α-hetero) is 4. The van der Waals surface area contributed by atoms with Crippen molar-refractivity contribution in [3.8, 4) is 0 Å². The Labute approximate surface area is 428 Å². The van der Waals surface area contributed by atoms with Gasteiger partial charge in [-0.05, 0) is 120 Å². The predicted octanol–water partition coefficient (Wildman–Crippen LogP) is 11.6. The Hall–Kier alpha value is -3.24. The highest BCUT2D eigenvalue weighted by molar-refractivity contribution is 8.93. The van der Waals surface area contributed by atoms with Crippen molar-refractivity contribution in [2.24, 2.45) is 0 Å². The second-order valence-corrected chi connectivity index (χ2v) is 15.3. The zero-order chi connectivity index (χ0) is 43.3. The number of rotatable bonds is 20. The minimum atomic E-state index is 0. The van der Waals surface area contributed by atoms with Crippen LogP contribution in [0.2, 0.25) is 0 Å². The van der Waals surface area contributed by atoms with Crippen molar-refractivity contribution < 1.29 is 24.7 Å². The fraction of sp³-hybridized carbons (Fsp3) is 0.385. The van der Waals surface area contributed by atoms with E-state index in [1.165, 1.54) is 0 Å². The lowest BCUT2D eigenvalue weighted by Gasteiger charge is -2.18. The van der Waals surface area contributed by atoms with Gasteiger partial charge in [0.25, 0.3) is 0 Å². The van der Waals surface area contributed by atoms with Crippen LogP contribution < -0.4 is 0 Å². The molecule has 0 unspecified atom stereocenters. The summed E-state index contributed by atoms with van der Waals surface area (Å²) in [6.07, 6.45) is 0. The number of ketones is 4. The third-order valence-electron chi connectivity index (χ3n) is 12.0. The van der Waals surface area contributed by atoms with Crippen LogP contribution in [0.4, 0.5) is 0 Å². The maximum Gasteiger partial charge on any atom is 0.177 e. The van der Waals surface area contributed by atoms with E-state index in [0.717, 1.165) is 118 Å². The van der Waals surface area contributed by atoms with Crippen LogP contribution in [0.3, 0.4) is 0 Å². The molecular formula is C52H70Br4N4O5. The molecule has 65 heavy (non-hydrogen) atoms. The van der Waals surface area contributed by atoms with Gasteiger partial charge in [0, 0.05) is 22.3 Å². The standard InChI is InChI=1S/2C26H32N2O2.4BrH.H2O/c2*1-5-27(6-2)17-25(29)21-13-9-11-19-16-24-20(15-23(19)21)12-10-14-22(24)26(30)18-28(7-3)8-4;;;;;/h2*9-16H,5-8,17-18H2,1-4H3;4*1H;1H2. The molecule has 6 aromatic carbocycles. The smallest absolute Gasteiger partial charge is 0.177 e. The van der Waals surface area contributed by atoms with Crippen molar-refractivity contribution in [2.45, 2.75) is 55.4 Å². The van der Waals surface area contributed by atoms with Crippen molar-refractivity contribution in [1.29, 1.82) is 0 Å². The van der Waals surface area contributed by atoms with Gasteiger partial charge in [0.15, 0.2) is 23.1 Å². The molecule has 0 fully saturated rings. The van der Waals surface area contributed by atoms with Crippen LogP contribution in [-0.2, 0) is 0 Å². The van der Waals surface area contributed by atoms with Gasteiger partial charge in [-0.15, -0.1) is 67.9 Å². The predicted molar refractivity (Wildman–Crippen MR) is 296 cm³/mol. The zero-order valence-electron chi connectivity index (χ0n) is 39.3. The second-order valence-electron chi connectivity index (χ2n) is 15.3. The largest absolute Gasteiger partial charge is 0.412 e. The van der Waals surface area contributed by atoms with Crippen LogP contribution >= 0.6 is 67.9 Å². The molecule has 0 saturated heterocycles. The average Bonchev–Trinajstić information content (AvgIpc) is 3.28. The van der Waals surface area contributed by atoms with Gasteiger partial charge in [-0.3, -0.25) is 38.8 Å². The summed E-state index contributed by atoms with van der Waals surface area (Å²) < 4.78 is 0. The summed E-state index contributed by atoms with van der Waals surface area (Å²) in [5, 5.41) is 7.80. The number of hydrogen-bond acceptors (Lipinski definition) is 8. The molecule has 9 nitrogen and oxygen atoms in total. The highest BCUT2D eigenvalue weighted by Gasteiger charge is 2.19. The molecule has 6 aromatic rings. The minimum Gasteiger partial charge on any atom is -0.412 e. The number of carbonyl (C=O) groups is 4. The molecule has 0 atom stereocenters. The van der Waals surface area contributed by atoms with E-state index in [1.807, 2.05) is 72.8 Å². The van der Waals surface area contributed by atoms with Gasteiger partial charge in [0.2, 0.25) is 0 Å². The number of halogens is 4. The Morgan fingerprint density at radius 2 is 0.492 bits per heavy atom. The first-order valence-electron chi connectivity index (χ1n) is 22.0. The molecule has 6 rings (SSSR count). The van der Waals surface area contributed by atoms with E-state index in [2.05, 4.69) is 99.3 Å². The second kappa shape index (κ2) is 30.2. The van der Waals surface area contributed by atoms with Gasteiger partial charge >= 0.3 is 0 Å². The van der Waals surface area contributed by atoms with Crippen molar-refractivity contribution >= 4 is 134 Å². The quantitative estimate of drug-likeness (QED) is 0.0549. The Morgan fingerprint density at radius 1 is 0.323 bits per heavy atom. The molecule has 0 radical (unpaired) electrons. The first kappa shape index (κ1) is 61.8. The highest BCUT2D eigenvalue weighted by Crippen LogP contribution is 2.30. The molecule has 0 bridgehead atoms.